The highest BCUT2D eigenvalue weighted by molar-refractivity contribution is 7.17. The van der Waals surface area contributed by atoms with Gasteiger partial charge in [-0.05, 0) is 61.7 Å². The maximum Gasteiger partial charge on any atom is 0.350 e. The van der Waals surface area contributed by atoms with Crippen molar-refractivity contribution in [3.05, 3.63) is 75.3 Å². The van der Waals surface area contributed by atoms with E-state index < -0.39 is 23.7 Å². The summed E-state index contributed by atoms with van der Waals surface area (Å²) in [5.74, 6) is -1.40. The number of Topliss-reactive ketones (excluding diaryl/α,β-unsaturated/α-hetero) is 1. The van der Waals surface area contributed by atoms with Crippen LogP contribution >= 0.6 is 11.3 Å². The average molecular weight is 537 g/mol. The first-order valence-corrected chi connectivity index (χ1v) is 12.8. The van der Waals surface area contributed by atoms with Gasteiger partial charge in [0.05, 0.1) is 38.1 Å². The summed E-state index contributed by atoms with van der Waals surface area (Å²) < 4.78 is 15.8. The monoisotopic (exact) mass is 536 g/mol. The van der Waals surface area contributed by atoms with Crippen molar-refractivity contribution in [2.24, 2.45) is 0 Å². The van der Waals surface area contributed by atoms with Crippen LogP contribution in [0.4, 0.5) is 5.13 Å². The minimum atomic E-state index is -0.993. The Hall–Kier alpha value is -4.18. The van der Waals surface area contributed by atoms with E-state index in [0.29, 0.717) is 40.5 Å². The van der Waals surface area contributed by atoms with Gasteiger partial charge in [-0.2, -0.15) is 0 Å². The van der Waals surface area contributed by atoms with Gasteiger partial charge in [-0.15, -0.1) is 0 Å². The number of carbonyl (C=O) groups excluding carboxylic acids is 3. The highest BCUT2D eigenvalue weighted by Gasteiger charge is 2.48. The number of hydrogen-bond acceptors (Lipinski definition) is 9. The Bertz CT molecular complexity index is 1430. The first-order valence-electron chi connectivity index (χ1n) is 12.0. The van der Waals surface area contributed by atoms with Crippen molar-refractivity contribution in [3.8, 4) is 11.5 Å². The van der Waals surface area contributed by atoms with Crippen molar-refractivity contribution in [2.45, 2.75) is 33.2 Å². The Morgan fingerprint density at radius 1 is 1.08 bits per heavy atom. The van der Waals surface area contributed by atoms with Gasteiger partial charge >= 0.3 is 11.9 Å². The van der Waals surface area contributed by atoms with Crippen molar-refractivity contribution in [1.29, 1.82) is 0 Å². The third-order valence-corrected chi connectivity index (χ3v) is 7.30. The van der Waals surface area contributed by atoms with Crippen molar-refractivity contribution >= 4 is 39.9 Å². The summed E-state index contributed by atoms with van der Waals surface area (Å²) in [6.07, 6.45) is 0.847. The van der Waals surface area contributed by atoms with E-state index in [4.69, 9.17) is 14.2 Å². The van der Waals surface area contributed by atoms with Gasteiger partial charge in [0.15, 0.2) is 5.13 Å². The van der Waals surface area contributed by atoms with E-state index in [1.807, 2.05) is 6.92 Å². The van der Waals surface area contributed by atoms with Crippen LogP contribution in [0.2, 0.25) is 0 Å². The smallest absolute Gasteiger partial charge is 0.350 e. The second kappa shape index (κ2) is 11.1. The summed E-state index contributed by atoms with van der Waals surface area (Å²) in [6, 6.07) is 11.0. The van der Waals surface area contributed by atoms with Crippen LogP contribution in [0.25, 0.3) is 5.76 Å². The molecule has 2 heterocycles. The number of aliphatic hydroxyl groups excluding tert-OH is 1. The van der Waals surface area contributed by atoms with Crippen LogP contribution in [-0.4, -0.2) is 48.6 Å². The molecule has 1 atom stereocenters. The van der Waals surface area contributed by atoms with Gasteiger partial charge in [0, 0.05) is 5.56 Å². The fourth-order valence-corrected chi connectivity index (χ4v) is 5.27. The molecule has 1 aromatic heterocycles. The molecule has 9 nitrogen and oxygen atoms in total. The predicted octanol–water partition coefficient (Wildman–Crippen LogP) is 4.97. The zero-order chi connectivity index (χ0) is 27.6. The third kappa shape index (κ3) is 4.87. The summed E-state index contributed by atoms with van der Waals surface area (Å²) in [4.78, 5) is 44.9. The number of aromatic nitrogens is 1. The first kappa shape index (κ1) is 26.9. The number of benzene rings is 2. The van der Waals surface area contributed by atoms with E-state index in [1.165, 1.54) is 19.1 Å². The minimum absolute atomic E-state index is 0.0852. The number of amides is 1. The van der Waals surface area contributed by atoms with Gasteiger partial charge in [0.2, 0.25) is 0 Å². The number of carbonyl (C=O) groups is 3. The Morgan fingerprint density at radius 3 is 2.37 bits per heavy atom. The standard InChI is InChI=1S/C28H28N2O7S/c1-6-13-37-19-11-12-20(15(2)14-19)23(31)21-22(17-7-9-18(35-4)10-8-17)30(26(33)24(21)32)28-29-16(3)25(38-28)27(34)36-5/h7-12,14,22,31H,6,13H2,1-5H3/b23-21+. The summed E-state index contributed by atoms with van der Waals surface area (Å²) in [7, 11) is 2.79. The van der Waals surface area contributed by atoms with E-state index in [2.05, 4.69) is 4.98 Å². The topological polar surface area (TPSA) is 115 Å². The lowest BCUT2D eigenvalue weighted by molar-refractivity contribution is -0.132. The molecule has 2 aromatic carbocycles. The average Bonchev–Trinajstić information content (AvgIpc) is 3.43. The van der Waals surface area contributed by atoms with Gasteiger partial charge in [-0.25, -0.2) is 9.78 Å². The molecule has 3 aromatic rings. The number of ether oxygens (including phenoxy) is 3. The van der Waals surface area contributed by atoms with Crippen molar-refractivity contribution in [2.75, 3.05) is 25.7 Å². The molecule has 0 spiro atoms. The molecule has 1 saturated heterocycles. The van der Waals surface area contributed by atoms with Crippen LogP contribution < -0.4 is 14.4 Å². The molecule has 10 heteroatoms. The Labute approximate surface area is 224 Å². The SMILES string of the molecule is CCCOc1ccc(/C(O)=C2\C(=O)C(=O)N(c3nc(C)c(C(=O)OC)s3)C2c2ccc(OC)cc2)c(C)c1. The van der Waals surface area contributed by atoms with Gasteiger partial charge in [0.25, 0.3) is 5.78 Å². The molecule has 0 bridgehead atoms. The van der Waals surface area contributed by atoms with Crippen LogP contribution in [0, 0.1) is 13.8 Å². The van der Waals surface area contributed by atoms with Gasteiger partial charge in [0.1, 0.15) is 22.1 Å². The normalized spacial score (nSPS) is 16.6. The molecular formula is C28H28N2O7S. The number of aryl methyl sites for hydroxylation is 2. The molecule has 0 radical (unpaired) electrons. The molecule has 0 saturated carbocycles. The predicted molar refractivity (Wildman–Crippen MR) is 143 cm³/mol. The fourth-order valence-electron chi connectivity index (χ4n) is 4.26. The van der Waals surface area contributed by atoms with Gasteiger partial charge < -0.3 is 19.3 Å². The van der Waals surface area contributed by atoms with Crippen LogP contribution in [-0.2, 0) is 14.3 Å². The summed E-state index contributed by atoms with van der Waals surface area (Å²) >= 11 is 0.945. The molecule has 1 unspecified atom stereocenters. The molecule has 1 aliphatic rings. The van der Waals surface area contributed by atoms with E-state index in [0.717, 1.165) is 17.8 Å². The number of rotatable bonds is 8. The molecule has 0 aliphatic carbocycles. The first-order chi connectivity index (χ1) is 18.2. The van der Waals surface area contributed by atoms with E-state index in [1.54, 1.807) is 56.3 Å². The molecular weight excluding hydrogens is 508 g/mol. The van der Waals surface area contributed by atoms with E-state index in [-0.39, 0.29) is 21.3 Å². The number of anilines is 1. The fraction of sp³-hybridized carbons (Fsp3) is 0.286. The number of esters is 1. The second-order valence-electron chi connectivity index (χ2n) is 8.67. The van der Waals surface area contributed by atoms with E-state index in [9.17, 15) is 19.5 Å². The molecule has 1 fully saturated rings. The largest absolute Gasteiger partial charge is 0.507 e. The van der Waals surface area contributed by atoms with Crippen LogP contribution in [0.1, 0.15) is 51.4 Å². The lowest BCUT2D eigenvalue weighted by Crippen LogP contribution is -2.29. The van der Waals surface area contributed by atoms with Crippen LogP contribution in [0.15, 0.2) is 48.0 Å². The highest BCUT2D eigenvalue weighted by Crippen LogP contribution is 2.44. The van der Waals surface area contributed by atoms with Crippen molar-refractivity contribution in [1.82, 2.24) is 4.98 Å². The molecule has 4 rings (SSSR count). The number of aliphatic hydroxyl groups is 1. The van der Waals surface area contributed by atoms with Crippen molar-refractivity contribution in [3.63, 3.8) is 0 Å². The number of ketones is 1. The van der Waals surface area contributed by atoms with Crippen molar-refractivity contribution < 1.29 is 33.7 Å². The lowest BCUT2D eigenvalue weighted by atomic mass is 9.94. The maximum absolute atomic E-state index is 13.4. The number of nitrogens with zero attached hydrogens (tertiary/aromatic N) is 2. The Balaban J connectivity index is 1.89. The summed E-state index contributed by atoms with van der Waals surface area (Å²) in [6.45, 7) is 5.97. The third-order valence-electron chi connectivity index (χ3n) is 6.16. The Morgan fingerprint density at radius 2 is 1.76 bits per heavy atom. The van der Waals surface area contributed by atoms with E-state index >= 15 is 0 Å². The number of hydrogen-bond donors (Lipinski definition) is 1. The quantitative estimate of drug-likeness (QED) is 0.186. The zero-order valence-electron chi connectivity index (χ0n) is 21.7. The summed E-state index contributed by atoms with van der Waals surface area (Å²) in [5, 5.41) is 11.6. The Kier molecular flexibility index (Phi) is 7.82. The maximum atomic E-state index is 13.4. The molecule has 1 N–H and O–H groups in total. The minimum Gasteiger partial charge on any atom is -0.507 e. The molecule has 198 valence electrons. The molecule has 1 aliphatic heterocycles. The lowest BCUT2D eigenvalue weighted by Gasteiger charge is -2.23. The summed E-state index contributed by atoms with van der Waals surface area (Å²) in [5.41, 5.74) is 1.91. The van der Waals surface area contributed by atoms with Crippen LogP contribution in [0.5, 0.6) is 11.5 Å². The number of thiazole rings is 1. The van der Waals surface area contributed by atoms with Gasteiger partial charge in [-0.3, -0.25) is 14.5 Å². The number of methoxy groups -OCH3 is 2. The second-order valence-corrected chi connectivity index (χ2v) is 9.65. The molecule has 38 heavy (non-hydrogen) atoms. The highest BCUT2D eigenvalue weighted by atomic mass is 32.1. The van der Waals surface area contributed by atoms with Gasteiger partial charge in [-0.1, -0.05) is 30.4 Å². The van der Waals surface area contributed by atoms with Crippen LogP contribution in [0.3, 0.4) is 0 Å². The zero-order valence-corrected chi connectivity index (χ0v) is 22.5. The molecule has 1 amide bonds.